The standard InChI is InChI=1S/C9H7F2N3O2/c10-8(11)7-5(2-13)4(1-12)6(3-14-7)9(15)16/h3,8H,1,12H2,(H,15,16). The molecule has 0 unspecified atom stereocenters. The molecule has 0 aliphatic heterocycles. The number of hydrogen-bond donors (Lipinski definition) is 2. The number of hydrogen-bond acceptors (Lipinski definition) is 4. The molecule has 0 amide bonds. The summed E-state index contributed by atoms with van der Waals surface area (Å²) in [6.45, 7) is -0.313. The van der Waals surface area contributed by atoms with Gasteiger partial charge in [-0.3, -0.25) is 4.98 Å². The van der Waals surface area contributed by atoms with Crippen LogP contribution in [0.5, 0.6) is 0 Å². The first-order chi connectivity index (χ1) is 7.52. The topological polar surface area (TPSA) is 100 Å². The second kappa shape index (κ2) is 4.63. The van der Waals surface area contributed by atoms with Crippen molar-refractivity contribution in [2.24, 2.45) is 5.73 Å². The van der Waals surface area contributed by atoms with Gasteiger partial charge in [-0.1, -0.05) is 0 Å². The number of carboxylic acids is 1. The van der Waals surface area contributed by atoms with Gasteiger partial charge < -0.3 is 10.8 Å². The molecule has 3 N–H and O–H groups in total. The first-order valence-electron chi connectivity index (χ1n) is 4.16. The minimum Gasteiger partial charge on any atom is -0.478 e. The summed E-state index contributed by atoms with van der Waals surface area (Å²) in [5.74, 6) is -1.36. The lowest BCUT2D eigenvalue weighted by atomic mass is 10.0. The molecule has 0 aliphatic rings. The number of nitriles is 1. The minimum atomic E-state index is -2.94. The Morgan fingerprint density at radius 2 is 2.31 bits per heavy atom. The van der Waals surface area contributed by atoms with E-state index in [4.69, 9.17) is 16.1 Å². The molecule has 0 atom stereocenters. The Morgan fingerprint density at radius 3 is 2.69 bits per heavy atom. The van der Waals surface area contributed by atoms with Crippen LogP contribution in [0.25, 0.3) is 0 Å². The summed E-state index contributed by atoms with van der Waals surface area (Å²) >= 11 is 0. The minimum absolute atomic E-state index is 0.125. The van der Waals surface area contributed by atoms with E-state index in [1.807, 2.05) is 0 Å². The quantitative estimate of drug-likeness (QED) is 0.803. The average Bonchev–Trinajstić information content (AvgIpc) is 2.26. The highest BCUT2D eigenvalue weighted by molar-refractivity contribution is 5.89. The van der Waals surface area contributed by atoms with Crippen LogP contribution in [0.3, 0.4) is 0 Å². The van der Waals surface area contributed by atoms with Crippen LogP contribution in [0.1, 0.15) is 33.6 Å². The van der Waals surface area contributed by atoms with E-state index < -0.39 is 23.7 Å². The van der Waals surface area contributed by atoms with Gasteiger partial charge in [0.1, 0.15) is 11.8 Å². The molecule has 16 heavy (non-hydrogen) atoms. The number of halogens is 2. The maximum Gasteiger partial charge on any atom is 0.337 e. The van der Waals surface area contributed by atoms with Gasteiger partial charge in [0.05, 0.1) is 11.1 Å². The van der Waals surface area contributed by atoms with Crippen LogP contribution >= 0.6 is 0 Å². The zero-order valence-electron chi connectivity index (χ0n) is 7.94. The van der Waals surface area contributed by atoms with Gasteiger partial charge in [-0.05, 0) is 0 Å². The summed E-state index contributed by atoms with van der Waals surface area (Å²) < 4.78 is 24.9. The van der Waals surface area contributed by atoms with Crippen molar-refractivity contribution in [2.45, 2.75) is 13.0 Å². The number of pyridine rings is 1. The largest absolute Gasteiger partial charge is 0.478 e. The summed E-state index contributed by atoms with van der Waals surface area (Å²) in [4.78, 5) is 14.0. The SMILES string of the molecule is N#Cc1c(C(F)F)ncc(C(=O)O)c1CN. The highest BCUT2D eigenvalue weighted by atomic mass is 19.3. The Labute approximate surface area is 89.1 Å². The van der Waals surface area contributed by atoms with E-state index in [-0.39, 0.29) is 17.7 Å². The Kier molecular flexibility index (Phi) is 3.48. The summed E-state index contributed by atoms with van der Waals surface area (Å²) in [6, 6.07) is 1.51. The second-order valence-electron chi connectivity index (χ2n) is 2.83. The molecular weight excluding hydrogens is 220 g/mol. The van der Waals surface area contributed by atoms with Crippen molar-refractivity contribution < 1.29 is 18.7 Å². The van der Waals surface area contributed by atoms with E-state index in [0.29, 0.717) is 0 Å². The molecule has 5 nitrogen and oxygen atoms in total. The summed E-state index contributed by atoms with van der Waals surface area (Å²) in [5, 5.41) is 17.5. The lowest BCUT2D eigenvalue weighted by molar-refractivity contribution is 0.0694. The van der Waals surface area contributed by atoms with Crippen LogP contribution in [0, 0.1) is 11.3 Å². The summed E-state index contributed by atoms with van der Waals surface area (Å²) in [6.07, 6.45) is -2.16. The van der Waals surface area contributed by atoms with Crippen molar-refractivity contribution in [2.75, 3.05) is 0 Å². The highest BCUT2D eigenvalue weighted by Gasteiger charge is 2.22. The third-order valence-electron chi connectivity index (χ3n) is 1.97. The smallest absolute Gasteiger partial charge is 0.337 e. The van der Waals surface area contributed by atoms with Crippen molar-refractivity contribution in [3.05, 3.63) is 28.6 Å². The van der Waals surface area contributed by atoms with Gasteiger partial charge in [0, 0.05) is 18.3 Å². The maximum absolute atomic E-state index is 12.5. The van der Waals surface area contributed by atoms with Crippen molar-refractivity contribution in [3.63, 3.8) is 0 Å². The van der Waals surface area contributed by atoms with E-state index in [2.05, 4.69) is 4.98 Å². The normalized spacial score (nSPS) is 10.2. The molecule has 0 bridgehead atoms. The van der Waals surface area contributed by atoms with Crippen LogP contribution in [-0.2, 0) is 6.54 Å². The number of aromatic carboxylic acids is 1. The van der Waals surface area contributed by atoms with Crippen LogP contribution in [-0.4, -0.2) is 16.1 Å². The molecule has 1 aromatic heterocycles. The Balaban J connectivity index is 3.54. The molecule has 0 fully saturated rings. The Morgan fingerprint density at radius 1 is 1.69 bits per heavy atom. The number of carbonyl (C=O) groups is 1. The number of rotatable bonds is 3. The molecule has 7 heteroatoms. The monoisotopic (exact) mass is 227 g/mol. The molecule has 0 saturated heterocycles. The fourth-order valence-corrected chi connectivity index (χ4v) is 1.25. The average molecular weight is 227 g/mol. The number of nitrogens with zero attached hydrogens (tertiary/aromatic N) is 2. The van der Waals surface area contributed by atoms with Gasteiger partial charge in [0.25, 0.3) is 6.43 Å². The fourth-order valence-electron chi connectivity index (χ4n) is 1.25. The van der Waals surface area contributed by atoms with E-state index in [1.165, 1.54) is 6.07 Å². The van der Waals surface area contributed by atoms with Gasteiger partial charge in [0.15, 0.2) is 0 Å². The summed E-state index contributed by atoms with van der Waals surface area (Å²) in [5.41, 5.74) is 3.59. The van der Waals surface area contributed by atoms with Gasteiger partial charge in [-0.25, -0.2) is 13.6 Å². The van der Waals surface area contributed by atoms with E-state index in [0.717, 1.165) is 6.20 Å². The number of aromatic nitrogens is 1. The van der Waals surface area contributed by atoms with Gasteiger partial charge in [0.2, 0.25) is 0 Å². The molecule has 84 valence electrons. The van der Waals surface area contributed by atoms with Gasteiger partial charge in [-0.15, -0.1) is 0 Å². The maximum atomic E-state index is 12.5. The first kappa shape index (κ1) is 12.0. The highest BCUT2D eigenvalue weighted by Crippen LogP contribution is 2.24. The number of nitrogens with two attached hydrogens (primary N) is 1. The zero-order chi connectivity index (χ0) is 12.3. The van der Waals surface area contributed by atoms with Crippen LogP contribution in [0.2, 0.25) is 0 Å². The third-order valence-corrected chi connectivity index (χ3v) is 1.97. The molecule has 0 spiro atoms. The number of alkyl halides is 2. The molecule has 0 radical (unpaired) electrons. The van der Waals surface area contributed by atoms with Gasteiger partial charge in [-0.2, -0.15) is 5.26 Å². The molecule has 1 rings (SSSR count). The fraction of sp³-hybridized carbons (Fsp3) is 0.222. The molecule has 1 heterocycles. The van der Waals surface area contributed by atoms with Crippen molar-refractivity contribution >= 4 is 5.97 Å². The predicted molar refractivity (Wildman–Crippen MR) is 48.8 cm³/mol. The van der Waals surface area contributed by atoms with Crippen molar-refractivity contribution in [1.29, 1.82) is 5.26 Å². The van der Waals surface area contributed by atoms with E-state index >= 15 is 0 Å². The zero-order valence-corrected chi connectivity index (χ0v) is 7.94. The molecular formula is C9H7F2N3O2. The molecule has 1 aromatic rings. The predicted octanol–water partition coefficient (Wildman–Crippen LogP) is 1.05. The van der Waals surface area contributed by atoms with Crippen molar-refractivity contribution in [3.8, 4) is 6.07 Å². The van der Waals surface area contributed by atoms with Crippen LogP contribution in [0.4, 0.5) is 8.78 Å². The molecule has 0 aliphatic carbocycles. The van der Waals surface area contributed by atoms with Crippen molar-refractivity contribution in [1.82, 2.24) is 4.98 Å². The second-order valence-corrected chi connectivity index (χ2v) is 2.83. The lowest BCUT2D eigenvalue weighted by Crippen LogP contribution is -2.13. The molecule has 0 saturated carbocycles. The molecule has 0 aromatic carbocycles. The lowest BCUT2D eigenvalue weighted by Gasteiger charge is -2.09. The van der Waals surface area contributed by atoms with Crippen LogP contribution < -0.4 is 5.73 Å². The first-order valence-corrected chi connectivity index (χ1v) is 4.16. The van der Waals surface area contributed by atoms with Gasteiger partial charge >= 0.3 is 5.97 Å². The summed E-state index contributed by atoms with van der Waals surface area (Å²) in [7, 11) is 0. The van der Waals surface area contributed by atoms with E-state index in [9.17, 15) is 13.6 Å². The van der Waals surface area contributed by atoms with Crippen LogP contribution in [0.15, 0.2) is 6.20 Å². The Bertz CT molecular complexity index is 469. The third kappa shape index (κ3) is 1.97. The van der Waals surface area contributed by atoms with E-state index in [1.54, 1.807) is 0 Å². The number of carboxylic acid groups (broad SMARTS) is 1. The Hall–Kier alpha value is -2.07.